The van der Waals surface area contributed by atoms with Crippen LogP contribution < -0.4 is 0 Å². The largest absolute Gasteiger partial charge is 0.192 e. The van der Waals surface area contributed by atoms with Crippen molar-refractivity contribution in [3.63, 3.8) is 0 Å². The highest BCUT2D eigenvalue weighted by molar-refractivity contribution is 9.10. The highest BCUT2D eigenvalue weighted by atomic mass is 79.9. The van der Waals surface area contributed by atoms with Crippen LogP contribution in [0.4, 0.5) is 0 Å². The van der Waals surface area contributed by atoms with Crippen LogP contribution in [-0.4, -0.2) is 0 Å². The van der Waals surface area contributed by atoms with Crippen molar-refractivity contribution in [2.75, 3.05) is 0 Å². The first-order chi connectivity index (χ1) is 6.77. The van der Waals surface area contributed by atoms with E-state index in [2.05, 4.69) is 40.4 Å². The number of nitrogens with zero attached hydrogens (tertiary/aromatic N) is 1. The van der Waals surface area contributed by atoms with Crippen LogP contribution in [0.15, 0.2) is 22.0 Å². The first-order valence-corrected chi connectivity index (χ1v) is 6.04. The zero-order valence-electron chi connectivity index (χ0n) is 7.67. The first kappa shape index (κ1) is 9.70. The van der Waals surface area contributed by atoms with E-state index in [-0.39, 0.29) is 0 Å². The third kappa shape index (κ3) is 1.35. The number of halogens is 1. The number of benzene rings is 1. The average Bonchev–Trinajstić information content (AvgIpc) is 2.62. The van der Waals surface area contributed by atoms with Gasteiger partial charge in [-0.05, 0) is 50.8 Å². The molecule has 14 heavy (non-hydrogen) atoms. The number of fused-ring (bicyclic) bond motifs is 1. The third-order valence-corrected chi connectivity index (χ3v) is 3.87. The number of hydrogen-bond donors (Lipinski definition) is 0. The predicted molar refractivity (Wildman–Crippen MR) is 63.6 cm³/mol. The van der Waals surface area contributed by atoms with Crippen LogP contribution >= 0.6 is 27.3 Å². The summed E-state index contributed by atoms with van der Waals surface area (Å²) >= 11 is 5.14. The van der Waals surface area contributed by atoms with E-state index in [0.29, 0.717) is 0 Å². The molecule has 0 aliphatic rings. The van der Waals surface area contributed by atoms with E-state index < -0.39 is 0 Å². The van der Waals surface area contributed by atoms with Crippen molar-refractivity contribution in [2.45, 2.75) is 13.3 Å². The average molecular weight is 266 g/mol. The molecule has 0 aliphatic carbocycles. The van der Waals surface area contributed by atoms with Gasteiger partial charge in [0.2, 0.25) is 0 Å². The molecule has 70 valence electrons. The van der Waals surface area contributed by atoms with E-state index in [0.717, 1.165) is 22.0 Å². The van der Waals surface area contributed by atoms with Crippen LogP contribution in [-0.2, 0) is 6.42 Å². The smallest absolute Gasteiger partial charge is 0.101 e. The molecule has 0 bridgehead atoms. The molecule has 0 unspecified atom stereocenters. The highest BCUT2D eigenvalue weighted by Gasteiger charge is 2.10. The molecule has 2 aromatic rings. The molecule has 0 N–H and O–H groups in total. The Hall–Kier alpha value is -0.850. The Morgan fingerprint density at radius 3 is 3.00 bits per heavy atom. The SMILES string of the molecule is CCc1c(C#N)c(Br)cc2ccsc12. The quantitative estimate of drug-likeness (QED) is 0.762. The summed E-state index contributed by atoms with van der Waals surface area (Å²) < 4.78 is 2.15. The maximum Gasteiger partial charge on any atom is 0.101 e. The lowest BCUT2D eigenvalue weighted by atomic mass is 10.0. The van der Waals surface area contributed by atoms with E-state index in [1.165, 1.54) is 10.1 Å². The van der Waals surface area contributed by atoms with E-state index in [4.69, 9.17) is 5.26 Å². The minimum atomic E-state index is 0.780. The fourth-order valence-electron chi connectivity index (χ4n) is 1.60. The lowest BCUT2D eigenvalue weighted by Gasteiger charge is -2.04. The lowest BCUT2D eigenvalue weighted by Crippen LogP contribution is -1.89. The van der Waals surface area contributed by atoms with Gasteiger partial charge in [0.25, 0.3) is 0 Å². The second kappa shape index (κ2) is 3.72. The fourth-order valence-corrected chi connectivity index (χ4v) is 3.18. The summed E-state index contributed by atoms with van der Waals surface area (Å²) in [6.45, 7) is 2.09. The molecule has 3 heteroatoms. The molecule has 0 amide bonds. The van der Waals surface area contributed by atoms with Crippen molar-refractivity contribution in [3.05, 3.63) is 33.1 Å². The van der Waals surface area contributed by atoms with Crippen LogP contribution in [0.5, 0.6) is 0 Å². The van der Waals surface area contributed by atoms with Gasteiger partial charge >= 0.3 is 0 Å². The maximum atomic E-state index is 9.05. The standard InChI is InChI=1S/C11H8BrNS/c1-2-8-9(6-13)10(12)5-7-3-4-14-11(7)8/h3-5H,2H2,1H3. The van der Waals surface area contributed by atoms with Gasteiger partial charge in [0.15, 0.2) is 0 Å². The summed E-state index contributed by atoms with van der Waals surface area (Å²) in [6, 6.07) is 6.36. The van der Waals surface area contributed by atoms with Gasteiger partial charge in [-0.15, -0.1) is 11.3 Å². The minimum absolute atomic E-state index is 0.780. The van der Waals surface area contributed by atoms with Crippen LogP contribution in [0.1, 0.15) is 18.1 Å². The van der Waals surface area contributed by atoms with Gasteiger partial charge in [-0.1, -0.05) is 6.92 Å². The van der Waals surface area contributed by atoms with Crippen molar-refractivity contribution < 1.29 is 0 Å². The van der Waals surface area contributed by atoms with Gasteiger partial charge in [0, 0.05) is 9.17 Å². The van der Waals surface area contributed by atoms with Crippen LogP contribution in [0.3, 0.4) is 0 Å². The molecule has 0 aliphatic heterocycles. The summed E-state index contributed by atoms with van der Waals surface area (Å²) in [5.74, 6) is 0. The number of aryl methyl sites for hydroxylation is 1. The predicted octanol–water partition coefficient (Wildman–Crippen LogP) is 4.10. The van der Waals surface area contributed by atoms with Crippen LogP contribution in [0.2, 0.25) is 0 Å². The number of thiophene rings is 1. The molecule has 0 saturated heterocycles. The molecule has 0 fully saturated rings. The zero-order chi connectivity index (χ0) is 10.1. The Morgan fingerprint density at radius 1 is 1.57 bits per heavy atom. The summed E-state index contributed by atoms with van der Waals surface area (Å²) in [7, 11) is 0. The zero-order valence-corrected chi connectivity index (χ0v) is 10.1. The van der Waals surface area contributed by atoms with Crippen molar-refractivity contribution in [1.29, 1.82) is 5.26 Å². The summed E-state index contributed by atoms with van der Waals surface area (Å²) in [5, 5.41) is 12.3. The first-order valence-electron chi connectivity index (χ1n) is 4.36. The second-order valence-corrected chi connectivity index (χ2v) is 4.79. The molecule has 0 spiro atoms. The fraction of sp³-hybridized carbons (Fsp3) is 0.182. The molecule has 0 saturated carbocycles. The Balaban J connectivity index is 2.91. The van der Waals surface area contributed by atoms with Crippen molar-refractivity contribution in [2.24, 2.45) is 0 Å². The minimum Gasteiger partial charge on any atom is -0.192 e. The molecule has 1 heterocycles. The van der Waals surface area contributed by atoms with Crippen LogP contribution in [0.25, 0.3) is 10.1 Å². The topological polar surface area (TPSA) is 23.8 Å². The van der Waals surface area contributed by atoms with E-state index in [1.54, 1.807) is 11.3 Å². The number of hydrogen-bond acceptors (Lipinski definition) is 2. The van der Waals surface area contributed by atoms with Gasteiger partial charge in [-0.25, -0.2) is 0 Å². The van der Waals surface area contributed by atoms with Gasteiger partial charge in [-0.2, -0.15) is 5.26 Å². The summed E-state index contributed by atoms with van der Waals surface area (Å²) in [4.78, 5) is 0. The Labute approximate surface area is 95.1 Å². The van der Waals surface area contributed by atoms with Crippen LogP contribution in [0, 0.1) is 11.3 Å². The molecule has 2 rings (SSSR count). The monoisotopic (exact) mass is 265 g/mol. The Bertz CT molecular complexity index is 522. The Morgan fingerprint density at radius 2 is 2.36 bits per heavy atom. The maximum absolute atomic E-state index is 9.05. The van der Waals surface area contributed by atoms with Gasteiger partial charge in [0.05, 0.1) is 5.56 Å². The third-order valence-electron chi connectivity index (χ3n) is 2.26. The number of rotatable bonds is 1. The summed E-state index contributed by atoms with van der Waals surface area (Å²) in [6.07, 6.45) is 0.902. The second-order valence-electron chi connectivity index (χ2n) is 3.02. The molecular formula is C11H8BrNS. The van der Waals surface area contributed by atoms with Crippen molar-refractivity contribution in [3.8, 4) is 6.07 Å². The molecule has 1 aromatic heterocycles. The van der Waals surface area contributed by atoms with E-state index >= 15 is 0 Å². The van der Waals surface area contributed by atoms with Crippen molar-refractivity contribution in [1.82, 2.24) is 0 Å². The van der Waals surface area contributed by atoms with Gasteiger partial charge in [-0.3, -0.25) is 0 Å². The molecular weight excluding hydrogens is 258 g/mol. The summed E-state index contributed by atoms with van der Waals surface area (Å²) in [5.41, 5.74) is 1.94. The lowest BCUT2D eigenvalue weighted by molar-refractivity contribution is 1.15. The molecule has 1 nitrogen and oxygen atoms in total. The highest BCUT2D eigenvalue weighted by Crippen LogP contribution is 2.32. The molecule has 0 atom stereocenters. The normalized spacial score (nSPS) is 10.4. The Kier molecular flexibility index (Phi) is 2.58. The number of nitriles is 1. The van der Waals surface area contributed by atoms with E-state index in [9.17, 15) is 0 Å². The van der Waals surface area contributed by atoms with Crippen molar-refractivity contribution >= 4 is 37.4 Å². The van der Waals surface area contributed by atoms with Gasteiger partial charge < -0.3 is 0 Å². The van der Waals surface area contributed by atoms with Gasteiger partial charge in [0.1, 0.15) is 6.07 Å². The molecule has 1 aromatic carbocycles. The molecule has 0 radical (unpaired) electrons. The van der Waals surface area contributed by atoms with E-state index in [1.807, 2.05) is 6.07 Å².